The summed E-state index contributed by atoms with van der Waals surface area (Å²) in [6.45, 7) is 6.73. The lowest BCUT2D eigenvalue weighted by molar-refractivity contribution is 0.302. The second-order valence-electron chi connectivity index (χ2n) is 5.65. The monoisotopic (exact) mass is 317 g/mol. The van der Waals surface area contributed by atoms with Crippen molar-refractivity contribution in [2.45, 2.75) is 39.3 Å². The van der Waals surface area contributed by atoms with Crippen LogP contribution in [0.4, 0.5) is 0 Å². The number of fused-ring (bicyclic) bond motifs is 1. The predicted molar refractivity (Wildman–Crippen MR) is 95.1 cm³/mol. The zero-order chi connectivity index (χ0) is 16.7. The lowest BCUT2D eigenvalue weighted by atomic mass is 10.2. The summed E-state index contributed by atoms with van der Waals surface area (Å²) in [5.41, 5.74) is 6.45. The van der Waals surface area contributed by atoms with E-state index in [4.69, 9.17) is 10.5 Å². The molecular weight excluding hydrogens is 290 g/mol. The van der Waals surface area contributed by atoms with Crippen LogP contribution in [-0.4, -0.2) is 30.3 Å². The summed E-state index contributed by atoms with van der Waals surface area (Å²) in [5, 5.41) is 4.48. The number of nitrogens with zero attached hydrogens (tertiary/aromatic N) is 1. The number of hydrogen-bond acceptors (Lipinski definition) is 4. The van der Waals surface area contributed by atoms with Gasteiger partial charge in [0, 0.05) is 37.8 Å². The van der Waals surface area contributed by atoms with Crippen molar-refractivity contribution >= 4 is 10.9 Å². The summed E-state index contributed by atoms with van der Waals surface area (Å²) in [7, 11) is 0. The average Bonchev–Trinajstić information content (AvgIpc) is 2.57. The average molecular weight is 317 g/mol. The molecule has 0 radical (unpaired) electrons. The Morgan fingerprint density at radius 3 is 2.65 bits per heavy atom. The first-order valence-electron chi connectivity index (χ1n) is 8.39. The van der Waals surface area contributed by atoms with E-state index in [1.807, 2.05) is 24.3 Å². The van der Waals surface area contributed by atoms with Gasteiger partial charge in [-0.2, -0.15) is 0 Å². The molecule has 1 aromatic carbocycles. The molecule has 0 saturated heterocycles. The molecule has 0 atom stereocenters. The summed E-state index contributed by atoms with van der Waals surface area (Å²) < 4.78 is 7.52. The van der Waals surface area contributed by atoms with Crippen molar-refractivity contribution in [3.63, 3.8) is 0 Å². The molecule has 0 amide bonds. The molecule has 1 heterocycles. The van der Waals surface area contributed by atoms with Gasteiger partial charge in [0.2, 0.25) is 0 Å². The van der Waals surface area contributed by atoms with Gasteiger partial charge in [-0.05, 0) is 36.4 Å². The Labute approximate surface area is 137 Å². The van der Waals surface area contributed by atoms with Crippen molar-refractivity contribution in [1.29, 1.82) is 0 Å². The molecule has 1 aromatic heterocycles. The van der Waals surface area contributed by atoms with Gasteiger partial charge in [-0.25, -0.2) is 0 Å². The molecule has 0 saturated carbocycles. The first kappa shape index (κ1) is 17.5. The third kappa shape index (κ3) is 4.56. The SMILES string of the molecule is CCC(CC)NCCOc1ccc2ccc(=O)n(CCN)c2c1. The van der Waals surface area contributed by atoms with Crippen molar-refractivity contribution in [3.8, 4) is 5.75 Å². The van der Waals surface area contributed by atoms with Gasteiger partial charge in [0.05, 0.1) is 5.52 Å². The highest BCUT2D eigenvalue weighted by Crippen LogP contribution is 2.19. The van der Waals surface area contributed by atoms with Crippen molar-refractivity contribution in [3.05, 3.63) is 40.7 Å². The maximum Gasteiger partial charge on any atom is 0.251 e. The smallest absolute Gasteiger partial charge is 0.251 e. The molecule has 126 valence electrons. The van der Waals surface area contributed by atoms with Crippen molar-refractivity contribution in [2.24, 2.45) is 5.73 Å². The third-order valence-electron chi connectivity index (χ3n) is 4.11. The summed E-state index contributed by atoms with van der Waals surface area (Å²) in [6.07, 6.45) is 2.25. The van der Waals surface area contributed by atoms with Gasteiger partial charge in [-0.3, -0.25) is 4.79 Å². The van der Waals surface area contributed by atoms with Gasteiger partial charge in [0.25, 0.3) is 5.56 Å². The van der Waals surface area contributed by atoms with Crippen LogP contribution in [0.15, 0.2) is 35.1 Å². The zero-order valence-corrected chi connectivity index (χ0v) is 14.0. The number of pyridine rings is 1. The summed E-state index contributed by atoms with van der Waals surface area (Å²) in [5.74, 6) is 0.778. The molecule has 2 aromatic rings. The van der Waals surface area contributed by atoms with Gasteiger partial charge < -0.3 is 20.4 Å². The number of nitrogens with one attached hydrogen (secondary N) is 1. The highest BCUT2D eigenvalue weighted by atomic mass is 16.5. The topological polar surface area (TPSA) is 69.3 Å². The Morgan fingerprint density at radius 2 is 1.96 bits per heavy atom. The molecule has 0 bridgehead atoms. The predicted octanol–water partition coefficient (Wildman–Crippen LogP) is 2.12. The number of hydrogen-bond donors (Lipinski definition) is 2. The van der Waals surface area contributed by atoms with E-state index < -0.39 is 0 Å². The van der Waals surface area contributed by atoms with Crippen LogP contribution in [0.3, 0.4) is 0 Å². The van der Waals surface area contributed by atoms with Crippen LogP contribution in [-0.2, 0) is 6.54 Å². The maximum absolute atomic E-state index is 12.0. The highest BCUT2D eigenvalue weighted by Gasteiger charge is 2.05. The summed E-state index contributed by atoms with van der Waals surface area (Å²) in [6, 6.07) is 9.80. The van der Waals surface area contributed by atoms with Gasteiger partial charge in [-0.15, -0.1) is 0 Å². The fourth-order valence-electron chi connectivity index (χ4n) is 2.73. The molecule has 5 nitrogen and oxygen atoms in total. The van der Waals surface area contributed by atoms with Crippen LogP contribution in [0.25, 0.3) is 10.9 Å². The van der Waals surface area contributed by atoms with Crippen molar-refractivity contribution in [2.75, 3.05) is 19.7 Å². The van der Waals surface area contributed by atoms with E-state index in [1.165, 1.54) is 0 Å². The molecule has 2 rings (SSSR count). The third-order valence-corrected chi connectivity index (χ3v) is 4.11. The second-order valence-corrected chi connectivity index (χ2v) is 5.65. The first-order valence-corrected chi connectivity index (χ1v) is 8.39. The Morgan fingerprint density at radius 1 is 1.22 bits per heavy atom. The van der Waals surface area contributed by atoms with Crippen LogP contribution in [0.2, 0.25) is 0 Å². The molecule has 5 heteroatoms. The van der Waals surface area contributed by atoms with E-state index in [0.29, 0.717) is 25.7 Å². The minimum atomic E-state index is -0.0319. The molecule has 0 fully saturated rings. The van der Waals surface area contributed by atoms with E-state index in [0.717, 1.165) is 36.0 Å². The van der Waals surface area contributed by atoms with Crippen LogP contribution < -0.4 is 21.3 Å². The first-order chi connectivity index (χ1) is 11.2. The van der Waals surface area contributed by atoms with Crippen LogP contribution in [0, 0.1) is 0 Å². The lowest BCUT2D eigenvalue weighted by Crippen LogP contribution is -2.31. The molecule has 0 aliphatic rings. The van der Waals surface area contributed by atoms with E-state index >= 15 is 0 Å². The normalized spacial score (nSPS) is 11.3. The number of aromatic nitrogens is 1. The molecule has 0 spiro atoms. The standard InChI is InChI=1S/C18H27N3O2/c1-3-15(4-2)20-10-12-23-16-7-5-14-6-8-18(22)21(11-9-19)17(14)13-16/h5-8,13,15,20H,3-4,9-12,19H2,1-2H3. The number of nitrogens with two attached hydrogens (primary N) is 1. The van der Waals surface area contributed by atoms with Crippen molar-refractivity contribution < 1.29 is 4.74 Å². The van der Waals surface area contributed by atoms with Crippen LogP contribution in [0.5, 0.6) is 5.75 Å². The van der Waals surface area contributed by atoms with Crippen LogP contribution >= 0.6 is 0 Å². The Hall–Kier alpha value is -1.85. The largest absolute Gasteiger partial charge is 0.492 e. The zero-order valence-electron chi connectivity index (χ0n) is 14.0. The number of benzene rings is 1. The van der Waals surface area contributed by atoms with E-state index in [2.05, 4.69) is 19.2 Å². The Balaban J connectivity index is 2.07. The van der Waals surface area contributed by atoms with Gasteiger partial charge >= 0.3 is 0 Å². The Kier molecular flexibility index (Phi) is 6.62. The van der Waals surface area contributed by atoms with Gasteiger partial charge in [0.15, 0.2) is 0 Å². The fraction of sp³-hybridized carbons (Fsp3) is 0.500. The van der Waals surface area contributed by atoms with Gasteiger partial charge in [-0.1, -0.05) is 13.8 Å². The minimum absolute atomic E-state index is 0.0319. The Bertz CT molecular complexity index is 678. The molecule has 0 unspecified atom stereocenters. The molecule has 23 heavy (non-hydrogen) atoms. The quantitative estimate of drug-likeness (QED) is 0.695. The summed E-state index contributed by atoms with van der Waals surface area (Å²) >= 11 is 0. The molecule has 0 aliphatic carbocycles. The highest BCUT2D eigenvalue weighted by molar-refractivity contribution is 5.80. The maximum atomic E-state index is 12.0. The fourth-order valence-corrected chi connectivity index (χ4v) is 2.73. The molecule has 0 aliphatic heterocycles. The molecular formula is C18H27N3O2. The summed E-state index contributed by atoms with van der Waals surface area (Å²) in [4.78, 5) is 12.0. The lowest BCUT2D eigenvalue weighted by Gasteiger charge is -2.15. The number of rotatable bonds is 9. The van der Waals surface area contributed by atoms with Crippen LogP contribution in [0.1, 0.15) is 26.7 Å². The van der Waals surface area contributed by atoms with E-state index in [9.17, 15) is 4.79 Å². The van der Waals surface area contributed by atoms with E-state index in [-0.39, 0.29) is 5.56 Å². The van der Waals surface area contributed by atoms with Gasteiger partial charge in [0.1, 0.15) is 12.4 Å². The van der Waals surface area contributed by atoms with E-state index in [1.54, 1.807) is 10.6 Å². The number of ether oxygens (including phenoxy) is 1. The van der Waals surface area contributed by atoms with Crippen molar-refractivity contribution in [1.82, 2.24) is 9.88 Å². The molecule has 3 N–H and O–H groups in total. The minimum Gasteiger partial charge on any atom is -0.492 e. The second kappa shape index (κ2) is 8.70.